The van der Waals surface area contributed by atoms with Crippen molar-refractivity contribution >= 4 is 0 Å². The van der Waals surface area contributed by atoms with Gasteiger partial charge in [-0.3, -0.25) is 0 Å². The van der Waals surface area contributed by atoms with Gasteiger partial charge >= 0.3 is 0 Å². The van der Waals surface area contributed by atoms with E-state index in [0.29, 0.717) is 6.10 Å². The van der Waals surface area contributed by atoms with Crippen LogP contribution in [0.4, 0.5) is 0 Å². The van der Waals surface area contributed by atoms with Crippen LogP contribution in [0, 0.1) is 5.92 Å². The fraction of sp³-hybridized carbons (Fsp3) is 1.00. The molecule has 0 amide bonds. The van der Waals surface area contributed by atoms with Gasteiger partial charge in [0.15, 0.2) is 0 Å². The van der Waals surface area contributed by atoms with Gasteiger partial charge in [0.2, 0.25) is 0 Å². The zero-order valence-corrected chi connectivity index (χ0v) is 10.0. The van der Waals surface area contributed by atoms with E-state index in [9.17, 15) is 0 Å². The normalized spacial score (nSPS) is 29.6. The average molecular weight is 212 g/mol. The first-order chi connectivity index (χ1) is 7.28. The van der Waals surface area contributed by atoms with Crippen LogP contribution < -0.4 is 5.32 Å². The maximum Gasteiger partial charge on any atom is 0.0710 e. The maximum absolute atomic E-state index is 5.37. The molecular weight excluding hydrogens is 188 g/mol. The van der Waals surface area contributed by atoms with Crippen LogP contribution in [0.15, 0.2) is 0 Å². The Bertz CT molecular complexity index is 194. The average Bonchev–Trinajstić information content (AvgIpc) is 2.96. The number of hydrogen-bond donors (Lipinski definition) is 1. The number of methoxy groups -OCH3 is 1. The molecule has 1 aliphatic heterocycles. The van der Waals surface area contributed by atoms with Gasteiger partial charge in [-0.25, -0.2) is 0 Å². The molecule has 2 fully saturated rings. The Balaban J connectivity index is 1.58. The minimum atomic E-state index is 0.480. The first-order valence-corrected chi connectivity index (χ1v) is 6.26. The SMILES string of the molecule is COC1CCN(CC(C)CNC2CC2)C1. The first-order valence-electron chi connectivity index (χ1n) is 6.26. The summed E-state index contributed by atoms with van der Waals surface area (Å²) >= 11 is 0. The fourth-order valence-electron chi connectivity index (χ4n) is 2.32. The van der Waals surface area contributed by atoms with Crippen molar-refractivity contribution in [2.45, 2.75) is 38.3 Å². The predicted octanol–water partition coefficient (Wildman–Crippen LogP) is 1.10. The molecule has 88 valence electrons. The van der Waals surface area contributed by atoms with Gasteiger partial charge in [-0.15, -0.1) is 0 Å². The molecule has 1 saturated heterocycles. The molecule has 2 rings (SSSR count). The highest BCUT2D eigenvalue weighted by molar-refractivity contribution is 4.82. The fourth-order valence-corrected chi connectivity index (χ4v) is 2.32. The van der Waals surface area contributed by atoms with Crippen molar-refractivity contribution in [3.05, 3.63) is 0 Å². The molecule has 0 aromatic heterocycles. The van der Waals surface area contributed by atoms with Crippen molar-refractivity contribution < 1.29 is 4.74 Å². The van der Waals surface area contributed by atoms with E-state index in [1.807, 2.05) is 7.11 Å². The number of rotatable bonds is 6. The van der Waals surface area contributed by atoms with E-state index in [4.69, 9.17) is 4.74 Å². The Morgan fingerprint density at radius 2 is 2.20 bits per heavy atom. The predicted molar refractivity (Wildman–Crippen MR) is 62.0 cm³/mol. The van der Waals surface area contributed by atoms with Crippen LogP contribution in [0.1, 0.15) is 26.2 Å². The summed E-state index contributed by atoms with van der Waals surface area (Å²) in [6.45, 7) is 7.09. The molecular formula is C12H24N2O. The number of hydrogen-bond acceptors (Lipinski definition) is 3. The van der Waals surface area contributed by atoms with E-state index in [-0.39, 0.29) is 0 Å². The van der Waals surface area contributed by atoms with Gasteiger partial charge in [-0.2, -0.15) is 0 Å². The Morgan fingerprint density at radius 3 is 2.80 bits per heavy atom. The standard InChI is InChI=1S/C12H24N2O/c1-10(7-13-11-3-4-11)8-14-6-5-12(9-14)15-2/h10-13H,3-9H2,1-2H3. The monoisotopic (exact) mass is 212 g/mol. The van der Waals surface area contributed by atoms with Gasteiger partial charge in [-0.1, -0.05) is 6.92 Å². The van der Waals surface area contributed by atoms with Crippen molar-refractivity contribution in [2.75, 3.05) is 33.3 Å². The van der Waals surface area contributed by atoms with Gasteiger partial charge in [-0.05, 0) is 31.7 Å². The van der Waals surface area contributed by atoms with Crippen LogP contribution in [0.5, 0.6) is 0 Å². The van der Waals surface area contributed by atoms with Crippen LogP contribution in [0.2, 0.25) is 0 Å². The first kappa shape index (κ1) is 11.4. The van der Waals surface area contributed by atoms with E-state index >= 15 is 0 Å². The zero-order valence-electron chi connectivity index (χ0n) is 10.0. The Morgan fingerprint density at radius 1 is 1.40 bits per heavy atom. The number of nitrogens with one attached hydrogen (secondary N) is 1. The summed E-state index contributed by atoms with van der Waals surface area (Å²) in [4.78, 5) is 2.54. The molecule has 1 saturated carbocycles. The number of ether oxygens (including phenoxy) is 1. The molecule has 0 radical (unpaired) electrons. The lowest BCUT2D eigenvalue weighted by atomic mass is 10.1. The van der Waals surface area contributed by atoms with E-state index in [2.05, 4.69) is 17.1 Å². The molecule has 1 heterocycles. The van der Waals surface area contributed by atoms with Crippen LogP contribution in [0.3, 0.4) is 0 Å². The summed E-state index contributed by atoms with van der Waals surface area (Å²) in [7, 11) is 1.83. The Hall–Kier alpha value is -0.120. The minimum Gasteiger partial charge on any atom is -0.380 e. The van der Waals surface area contributed by atoms with Gasteiger partial charge in [0, 0.05) is 32.8 Å². The van der Waals surface area contributed by atoms with Gasteiger partial charge in [0.05, 0.1) is 6.10 Å². The van der Waals surface area contributed by atoms with Crippen LogP contribution in [-0.4, -0.2) is 50.3 Å². The molecule has 2 atom stereocenters. The minimum absolute atomic E-state index is 0.480. The van der Waals surface area contributed by atoms with E-state index in [0.717, 1.165) is 18.5 Å². The maximum atomic E-state index is 5.37. The third kappa shape index (κ3) is 3.74. The molecule has 0 spiro atoms. The lowest BCUT2D eigenvalue weighted by molar-refractivity contribution is 0.106. The van der Waals surface area contributed by atoms with E-state index in [1.165, 1.54) is 38.9 Å². The zero-order chi connectivity index (χ0) is 10.7. The second kappa shape index (κ2) is 5.28. The smallest absolute Gasteiger partial charge is 0.0710 e. The molecule has 2 unspecified atom stereocenters. The van der Waals surface area contributed by atoms with Crippen LogP contribution in [-0.2, 0) is 4.74 Å². The van der Waals surface area contributed by atoms with Crippen molar-refractivity contribution in [1.82, 2.24) is 10.2 Å². The Labute approximate surface area is 93.2 Å². The summed E-state index contributed by atoms with van der Waals surface area (Å²) in [5.41, 5.74) is 0. The molecule has 0 bridgehead atoms. The lowest BCUT2D eigenvalue weighted by Crippen LogP contribution is -2.33. The van der Waals surface area contributed by atoms with E-state index < -0.39 is 0 Å². The molecule has 1 aliphatic carbocycles. The number of nitrogens with zero attached hydrogens (tertiary/aromatic N) is 1. The number of likely N-dealkylation sites (tertiary alicyclic amines) is 1. The van der Waals surface area contributed by atoms with Gasteiger partial charge < -0.3 is 15.0 Å². The molecule has 3 heteroatoms. The summed E-state index contributed by atoms with van der Waals surface area (Å²) in [6, 6.07) is 0.845. The lowest BCUT2D eigenvalue weighted by Gasteiger charge is -2.20. The Kier molecular flexibility index (Phi) is 4.00. The van der Waals surface area contributed by atoms with Gasteiger partial charge in [0.1, 0.15) is 0 Å². The molecule has 15 heavy (non-hydrogen) atoms. The summed E-state index contributed by atoms with van der Waals surface area (Å²) in [5, 5.41) is 3.60. The molecule has 2 aliphatic rings. The molecule has 3 nitrogen and oxygen atoms in total. The van der Waals surface area contributed by atoms with Crippen molar-refractivity contribution in [3.63, 3.8) is 0 Å². The molecule has 0 aromatic rings. The van der Waals surface area contributed by atoms with Crippen molar-refractivity contribution in [3.8, 4) is 0 Å². The third-order valence-electron chi connectivity index (χ3n) is 3.46. The van der Waals surface area contributed by atoms with Crippen molar-refractivity contribution in [2.24, 2.45) is 5.92 Å². The molecule has 1 N–H and O–H groups in total. The van der Waals surface area contributed by atoms with Gasteiger partial charge in [0.25, 0.3) is 0 Å². The summed E-state index contributed by atoms with van der Waals surface area (Å²) in [6.07, 6.45) is 4.47. The topological polar surface area (TPSA) is 24.5 Å². The highest BCUT2D eigenvalue weighted by Crippen LogP contribution is 2.19. The highest BCUT2D eigenvalue weighted by Gasteiger charge is 2.24. The summed E-state index contributed by atoms with van der Waals surface area (Å²) in [5.74, 6) is 0.765. The van der Waals surface area contributed by atoms with Crippen LogP contribution >= 0.6 is 0 Å². The second-order valence-electron chi connectivity index (χ2n) is 5.19. The third-order valence-corrected chi connectivity index (χ3v) is 3.46. The quantitative estimate of drug-likeness (QED) is 0.713. The second-order valence-corrected chi connectivity index (χ2v) is 5.19. The van der Waals surface area contributed by atoms with Crippen molar-refractivity contribution in [1.29, 1.82) is 0 Å². The van der Waals surface area contributed by atoms with Crippen LogP contribution in [0.25, 0.3) is 0 Å². The summed E-state index contributed by atoms with van der Waals surface area (Å²) < 4.78 is 5.37. The van der Waals surface area contributed by atoms with E-state index in [1.54, 1.807) is 0 Å². The molecule has 0 aromatic carbocycles. The largest absolute Gasteiger partial charge is 0.380 e. The highest BCUT2D eigenvalue weighted by atomic mass is 16.5.